The number of carbonyl (C=O) groups excluding carboxylic acids is 1. The Balaban J connectivity index is 1.97. The zero-order valence-corrected chi connectivity index (χ0v) is 16.9. The van der Waals surface area contributed by atoms with Gasteiger partial charge in [0.1, 0.15) is 0 Å². The second-order valence-electron chi connectivity index (χ2n) is 6.83. The third-order valence-electron chi connectivity index (χ3n) is 4.74. The maximum atomic E-state index is 12.9. The summed E-state index contributed by atoms with van der Waals surface area (Å²) in [7, 11) is 1.61. The second-order valence-corrected chi connectivity index (χ2v) is 6.83. The molecule has 1 heterocycles. The van der Waals surface area contributed by atoms with Gasteiger partial charge in [-0.15, -0.1) is 0 Å². The molecule has 0 saturated heterocycles. The smallest absolute Gasteiger partial charge is 0.383 e. The first-order valence-corrected chi connectivity index (χ1v) is 9.55. The number of hydrogen-bond acceptors (Lipinski definition) is 3. The van der Waals surface area contributed by atoms with Crippen LogP contribution in [0.15, 0.2) is 67.4 Å². The van der Waals surface area contributed by atoms with Crippen LogP contribution >= 0.6 is 0 Å². The summed E-state index contributed by atoms with van der Waals surface area (Å²) in [5.74, 6) is -0.302. The molecule has 0 saturated carbocycles. The van der Waals surface area contributed by atoms with Crippen molar-refractivity contribution in [3.63, 3.8) is 0 Å². The fourth-order valence-corrected chi connectivity index (χ4v) is 3.07. The summed E-state index contributed by atoms with van der Waals surface area (Å²) in [5, 5.41) is 7.31. The van der Waals surface area contributed by atoms with Gasteiger partial charge in [-0.1, -0.05) is 30.8 Å². The highest BCUT2D eigenvalue weighted by molar-refractivity contribution is 5.87. The Morgan fingerprint density at radius 1 is 1.16 bits per heavy atom. The average molecular weight is 429 g/mol. The minimum Gasteiger partial charge on any atom is -0.383 e. The number of methoxy groups -OCH3 is 1. The number of hydrogen-bond donors (Lipinski definition) is 1. The molecule has 3 rings (SSSR count). The minimum absolute atomic E-state index is 0.262. The molecular weight excluding hydrogens is 407 g/mol. The first-order chi connectivity index (χ1) is 14.8. The van der Waals surface area contributed by atoms with Crippen LogP contribution in [0, 0.1) is 0 Å². The minimum atomic E-state index is -4.38. The normalized spacial score (nSPS) is 11.4. The highest BCUT2D eigenvalue weighted by atomic mass is 19.4. The molecule has 0 aliphatic rings. The van der Waals surface area contributed by atoms with Gasteiger partial charge in [0.25, 0.3) is 0 Å². The summed E-state index contributed by atoms with van der Waals surface area (Å²) in [6.07, 6.45) is -1.37. The number of nitrogens with zero attached hydrogens (tertiary/aromatic N) is 2. The molecule has 5 nitrogen and oxygen atoms in total. The Bertz CT molecular complexity index is 1060. The van der Waals surface area contributed by atoms with Crippen molar-refractivity contribution in [1.82, 2.24) is 15.1 Å². The molecular formula is C23H22F3N3O2. The van der Waals surface area contributed by atoms with E-state index in [1.165, 1.54) is 18.2 Å². The van der Waals surface area contributed by atoms with E-state index in [0.717, 1.165) is 28.8 Å². The van der Waals surface area contributed by atoms with E-state index in [9.17, 15) is 18.0 Å². The van der Waals surface area contributed by atoms with E-state index in [0.29, 0.717) is 24.4 Å². The number of aromatic nitrogens is 2. The van der Waals surface area contributed by atoms with Gasteiger partial charge >= 0.3 is 6.18 Å². The van der Waals surface area contributed by atoms with Crippen LogP contribution in [-0.2, 0) is 28.8 Å². The van der Waals surface area contributed by atoms with Crippen LogP contribution in [0.2, 0.25) is 0 Å². The molecule has 0 aliphatic heterocycles. The summed E-state index contributed by atoms with van der Waals surface area (Å²) >= 11 is 0. The molecule has 1 N–H and O–H groups in total. The Morgan fingerprint density at radius 2 is 1.87 bits per heavy atom. The SMILES string of the molecule is C=CC(=O)NCc1ccc(-c2ccc(C(F)(F)F)cc2)cc1-c1ccn(CCOC)n1. The third-order valence-corrected chi connectivity index (χ3v) is 4.74. The molecule has 0 atom stereocenters. The number of rotatable bonds is 8. The first kappa shape index (κ1) is 22.3. The van der Waals surface area contributed by atoms with Crippen molar-refractivity contribution in [1.29, 1.82) is 0 Å². The van der Waals surface area contributed by atoms with Gasteiger partial charge in [-0.05, 0) is 47.0 Å². The summed E-state index contributed by atoms with van der Waals surface area (Å²) in [6.45, 7) is 4.80. The van der Waals surface area contributed by atoms with Crippen molar-refractivity contribution in [2.75, 3.05) is 13.7 Å². The molecule has 2 aromatic carbocycles. The summed E-state index contributed by atoms with van der Waals surface area (Å²) in [5.41, 5.74) is 2.98. The second kappa shape index (κ2) is 9.61. The molecule has 0 bridgehead atoms. The average Bonchev–Trinajstić information content (AvgIpc) is 3.24. The third kappa shape index (κ3) is 5.61. The van der Waals surface area contributed by atoms with E-state index in [4.69, 9.17) is 4.74 Å². The Morgan fingerprint density at radius 3 is 2.52 bits per heavy atom. The zero-order valence-electron chi connectivity index (χ0n) is 16.9. The predicted molar refractivity (Wildman–Crippen MR) is 112 cm³/mol. The lowest BCUT2D eigenvalue weighted by atomic mass is 9.96. The Kier molecular flexibility index (Phi) is 6.91. The van der Waals surface area contributed by atoms with E-state index in [1.807, 2.05) is 30.5 Å². The number of halogens is 3. The summed E-state index contributed by atoms with van der Waals surface area (Å²) in [6, 6.07) is 12.4. The number of ether oxygens (including phenoxy) is 1. The number of alkyl halides is 3. The summed E-state index contributed by atoms with van der Waals surface area (Å²) < 4.78 is 45.4. The van der Waals surface area contributed by atoms with Crippen molar-refractivity contribution in [2.45, 2.75) is 19.3 Å². The number of benzene rings is 2. The number of carbonyl (C=O) groups is 1. The molecule has 162 valence electrons. The maximum absolute atomic E-state index is 12.9. The topological polar surface area (TPSA) is 56.2 Å². The molecule has 0 spiro atoms. The Hall–Kier alpha value is -3.39. The van der Waals surface area contributed by atoms with Gasteiger partial charge in [0.05, 0.1) is 24.4 Å². The van der Waals surface area contributed by atoms with Gasteiger partial charge in [0.2, 0.25) is 5.91 Å². The quantitative estimate of drug-likeness (QED) is 0.529. The first-order valence-electron chi connectivity index (χ1n) is 9.55. The van der Waals surface area contributed by atoms with E-state index >= 15 is 0 Å². The van der Waals surface area contributed by atoms with Crippen molar-refractivity contribution >= 4 is 5.91 Å². The predicted octanol–water partition coefficient (Wildman–Crippen LogP) is 4.68. The molecule has 0 radical (unpaired) electrons. The lowest BCUT2D eigenvalue weighted by molar-refractivity contribution is -0.137. The lowest BCUT2D eigenvalue weighted by Crippen LogP contribution is -2.20. The van der Waals surface area contributed by atoms with Gasteiger partial charge in [-0.2, -0.15) is 18.3 Å². The zero-order chi connectivity index (χ0) is 22.4. The van der Waals surface area contributed by atoms with E-state index in [1.54, 1.807) is 11.8 Å². The fourth-order valence-electron chi connectivity index (χ4n) is 3.07. The monoisotopic (exact) mass is 429 g/mol. The van der Waals surface area contributed by atoms with Crippen molar-refractivity contribution < 1.29 is 22.7 Å². The maximum Gasteiger partial charge on any atom is 0.416 e. The van der Waals surface area contributed by atoms with Gasteiger partial charge < -0.3 is 10.1 Å². The fraction of sp³-hybridized carbons (Fsp3) is 0.217. The lowest BCUT2D eigenvalue weighted by Gasteiger charge is -2.12. The highest BCUT2D eigenvalue weighted by Crippen LogP contribution is 2.33. The molecule has 1 amide bonds. The van der Waals surface area contributed by atoms with Gasteiger partial charge in [-0.3, -0.25) is 9.48 Å². The number of amides is 1. The van der Waals surface area contributed by atoms with Crippen LogP contribution in [0.1, 0.15) is 11.1 Å². The molecule has 0 fully saturated rings. The van der Waals surface area contributed by atoms with E-state index < -0.39 is 11.7 Å². The van der Waals surface area contributed by atoms with Crippen LogP contribution in [-0.4, -0.2) is 29.4 Å². The van der Waals surface area contributed by atoms with E-state index in [2.05, 4.69) is 17.0 Å². The summed E-state index contributed by atoms with van der Waals surface area (Å²) in [4.78, 5) is 11.6. The van der Waals surface area contributed by atoms with Crippen molar-refractivity contribution in [3.8, 4) is 22.4 Å². The number of nitrogens with one attached hydrogen (secondary N) is 1. The van der Waals surface area contributed by atoms with Crippen LogP contribution in [0.25, 0.3) is 22.4 Å². The molecule has 1 aromatic heterocycles. The molecule has 8 heteroatoms. The molecule has 31 heavy (non-hydrogen) atoms. The van der Waals surface area contributed by atoms with Gasteiger partial charge in [0, 0.05) is 25.4 Å². The Labute approximate surface area is 178 Å². The standard InChI is InChI=1S/C23H22F3N3O2/c1-3-22(30)27-15-18-5-4-17(16-6-8-19(9-7-16)23(24,25)26)14-20(18)21-10-11-29(28-21)12-13-31-2/h3-11,14H,1,12-13,15H2,2H3,(H,27,30). The van der Waals surface area contributed by atoms with Crippen molar-refractivity contribution in [3.05, 3.63) is 78.5 Å². The highest BCUT2D eigenvalue weighted by Gasteiger charge is 2.30. The molecule has 3 aromatic rings. The van der Waals surface area contributed by atoms with Crippen LogP contribution < -0.4 is 5.32 Å². The van der Waals surface area contributed by atoms with Crippen LogP contribution in [0.3, 0.4) is 0 Å². The van der Waals surface area contributed by atoms with E-state index in [-0.39, 0.29) is 12.5 Å². The molecule has 0 aliphatic carbocycles. The molecule has 0 unspecified atom stereocenters. The largest absolute Gasteiger partial charge is 0.416 e. The van der Waals surface area contributed by atoms with Gasteiger partial charge in [-0.25, -0.2) is 0 Å². The van der Waals surface area contributed by atoms with Crippen LogP contribution in [0.5, 0.6) is 0 Å². The van der Waals surface area contributed by atoms with Gasteiger partial charge in [0.15, 0.2) is 0 Å². The van der Waals surface area contributed by atoms with Crippen LogP contribution in [0.4, 0.5) is 13.2 Å². The van der Waals surface area contributed by atoms with Crippen molar-refractivity contribution in [2.24, 2.45) is 0 Å².